The number of carboxylic acid groups (broad SMARTS) is 4. The maximum Gasteiger partial charge on any atom is 0.336 e. The van der Waals surface area contributed by atoms with Gasteiger partial charge in [-0.15, -0.1) is 0 Å². The molecule has 0 heterocycles. The van der Waals surface area contributed by atoms with Gasteiger partial charge >= 0.3 is 23.9 Å². The van der Waals surface area contributed by atoms with Gasteiger partial charge in [-0.2, -0.15) is 0 Å². The fourth-order valence-corrected chi connectivity index (χ4v) is 3.43. The van der Waals surface area contributed by atoms with Gasteiger partial charge in [0.1, 0.15) is 0 Å². The second-order valence-electron chi connectivity index (χ2n) is 6.66. The molecule has 0 saturated carbocycles. The maximum absolute atomic E-state index is 11.8. The number of aliphatic carboxylic acids is 3. The summed E-state index contributed by atoms with van der Waals surface area (Å²) in [6.45, 7) is 0. The van der Waals surface area contributed by atoms with Gasteiger partial charge in [0.15, 0.2) is 5.41 Å². The summed E-state index contributed by atoms with van der Waals surface area (Å²) >= 11 is 0. The number of rotatable bonds is 6. The van der Waals surface area contributed by atoms with Crippen molar-refractivity contribution < 1.29 is 39.6 Å². The van der Waals surface area contributed by atoms with Gasteiger partial charge in [0.05, 0.1) is 11.1 Å². The lowest BCUT2D eigenvalue weighted by atomic mass is 9.74. The van der Waals surface area contributed by atoms with Gasteiger partial charge in [-0.05, 0) is 40.8 Å². The SMILES string of the molecule is O=C(O)C1=CCC(C(=O)O)(C(=O)O)C=C1c1ccccc1-c1ccccc1C(=O)O. The Bertz CT molecular complexity index is 1130. The lowest BCUT2D eigenvalue weighted by Gasteiger charge is -2.27. The highest BCUT2D eigenvalue weighted by atomic mass is 16.4. The molecule has 0 unspecified atom stereocenters. The first kappa shape index (κ1) is 20.5. The van der Waals surface area contributed by atoms with E-state index in [2.05, 4.69) is 0 Å². The summed E-state index contributed by atoms with van der Waals surface area (Å²) in [4.78, 5) is 47.1. The molecule has 4 N–H and O–H groups in total. The molecule has 0 bridgehead atoms. The lowest BCUT2D eigenvalue weighted by Crippen LogP contribution is -2.39. The molecule has 2 aromatic rings. The molecule has 3 rings (SSSR count). The molecule has 8 heteroatoms. The Morgan fingerprint density at radius 3 is 1.77 bits per heavy atom. The Balaban J connectivity index is 2.34. The van der Waals surface area contributed by atoms with Gasteiger partial charge in [0.2, 0.25) is 0 Å². The van der Waals surface area contributed by atoms with Crippen molar-refractivity contribution in [1.82, 2.24) is 0 Å². The van der Waals surface area contributed by atoms with Crippen molar-refractivity contribution in [3.05, 3.63) is 77.4 Å². The van der Waals surface area contributed by atoms with Crippen LogP contribution in [0.25, 0.3) is 16.7 Å². The Kier molecular flexibility index (Phi) is 5.25. The van der Waals surface area contributed by atoms with Crippen molar-refractivity contribution in [3.63, 3.8) is 0 Å². The van der Waals surface area contributed by atoms with Crippen LogP contribution in [-0.2, 0) is 14.4 Å². The van der Waals surface area contributed by atoms with E-state index in [1.165, 1.54) is 24.3 Å². The van der Waals surface area contributed by atoms with Crippen LogP contribution in [0.15, 0.2) is 66.3 Å². The van der Waals surface area contributed by atoms with Crippen molar-refractivity contribution in [2.75, 3.05) is 0 Å². The van der Waals surface area contributed by atoms with Crippen LogP contribution in [0.4, 0.5) is 0 Å². The van der Waals surface area contributed by atoms with Gasteiger partial charge < -0.3 is 20.4 Å². The fraction of sp³-hybridized carbons (Fsp3) is 0.0909. The van der Waals surface area contributed by atoms with E-state index in [9.17, 15) is 39.6 Å². The zero-order chi connectivity index (χ0) is 22.1. The number of carboxylic acids is 4. The van der Waals surface area contributed by atoms with Crippen LogP contribution in [0.2, 0.25) is 0 Å². The van der Waals surface area contributed by atoms with E-state index in [4.69, 9.17) is 0 Å². The molecule has 2 aromatic carbocycles. The molecule has 0 radical (unpaired) electrons. The summed E-state index contributed by atoms with van der Waals surface area (Å²) in [5, 5.41) is 38.3. The Morgan fingerprint density at radius 1 is 0.700 bits per heavy atom. The minimum absolute atomic E-state index is 0.0371. The second kappa shape index (κ2) is 7.67. The zero-order valence-corrected chi connectivity index (χ0v) is 15.4. The number of aromatic carboxylic acids is 1. The molecule has 0 spiro atoms. The van der Waals surface area contributed by atoms with E-state index in [0.29, 0.717) is 5.56 Å². The van der Waals surface area contributed by atoms with Crippen LogP contribution in [0.5, 0.6) is 0 Å². The first-order valence-electron chi connectivity index (χ1n) is 8.74. The molecular weight excluding hydrogens is 392 g/mol. The number of benzene rings is 2. The summed E-state index contributed by atoms with van der Waals surface area (Å²) in [6.07, 6.45) is 1.46. The monoisotopic (exact) mass is 408 g/mol. The molecule has 30 heavy (non-hydrogen) atoms. The summed E-state index contributed by atoms with van der Waals surface area (Å²) in [5.74, 6) is -5.81. The van der Waals surface area contributed by atoms with E-state index in [1.54, 1.807) is 24.3 Å². The Labute approximate surface area is 170 Å². The maximum atomic E-state index is 11.8. The highest BCUT2D eigenvalue weighted by molar-refractivity contribution is 6.12. The molecule has 0 amide bonds. The fourth-order valence-electron chi connectivity index (χ4n) is 3.43. The van der Waals surface area contributed by atoms with Gasteiger partial charge in [-0.25, -0.2) is 9.59 Å². The second-order valence-corrected chi connectivity index (χ2v) is 6.66. The quantitative estimate of drug-likeness (QED) is 0.533. The third-order valence-corrected chi connectivity index (χ3v) is 4.97. The molecule has 0 aromatic heterocycles. The molecule has 1 aliphatic rings. The smallest absolute Gasteiger partial charge is 0.336 e. The van der Waals surface area contributed by atoms with E-state index in [1.807, 2.05) is 0 Å². The Hall–Kier alpha value is -4.20. The summed E-state index contributed by atoms with van der Waals surface area (Å²) < 4.78 is 0. The van der Waals surface area contributed by atoms with E-state index in [0.717, 1.165) is 12.2 Å². The third kappa shape index (κ3) is 3.35. The molecule has 8 nitrogen and oxygen atoms in total. The number of allylic oxidation sites excluding steroid dienone is 1. The molecule has 0 aliphatic heterocycles. The highest BCUT2D eigenvalue weighted by Crippen LogP contribution is 2.42. The van der Waals surface area contributed by atoms with Crippen molar-refractivity contribution in [1.29, 1.82) is 0 Å². The molecular formula is C22H16O8. The van der Waals surface area contributed by atoms with Crippen molar-refractivity contribution in [3.8, 4) is 11.1 Å². The van der Waals surface area contributed by atoms with Gasteiger partial charge in [0.25, 0.3) is 0 Å². The normalized spacial score (nSPS) is 14.9. The summed E-state index contributed by atoms with van der Waals surface area (Å²) in [7, 11) is 0. The molecule has 0 atom stereocenters. The minimum Gasteiger partial charge on any atom is -0.480 e. The average molecular weight is 408 g/mol. The van der Waals surface area contributed by atoms with Gasteiger partial charge in [-0.1, -0.05) is 48.5 Å². The van der Waals surface area contributed by atoms with Crippen LogP contribution in [0.1, 0.15) is 22.3 Å². The predicted molar refractivity (Wildman–Crippen MR) is 105 cm³/mol. The van der Waals surface area contributed by atoms with E-state index >= 15 is 0 Å². The summed E-state index contributed by atoms with van der Waals surface area (Å²) in [5.41, 5.74) is -1.90. The van der Waals surface area contributed by atoms with E-state index < -0.39 is 35.7 Å². The standard InChI is InChI=1S/C22H16O8/c23-18(24)15-8-4-3-6-13(15)12-5-1-2-7-14(12)17-11-22(20(27)28,21(29)30)10-9-16(17)19(25)26/h1-9,11H,10H2,(H,23,24)(H,25,26)(H,27,28)(H,29,30). The highest BCUT2D eigenvalue weighted by Gasteiger charge is 2.47. The van der Waals surface area contributed by atoms with Crippen LogP contribution in [0, 0.1) is 5.41 Å². The molecule has 0 saturated heterocycles. The minimum atomic E-state index is -2.34. The van der Waals surface area contributed by atoms with Crippen LogP contribution in [0.3, 0.4) is 0 Å². The topological polar surface area (TPSA) is 149 Å². The van der Waals surface area contributed by atoms with Crippen molar-refractivity contribution in [2.45, 2.75) is 6.42 Å². The van der Waals surface area contributed by atoms with Gasteiger partial charge in [-0.3, -0.25) is 9.59 Å². The van der Waals surface area contributed by atoms with Crippen LogP contribution in [-0.4, -0.2) is 44.3 Å². The lowest BCUT2D eigenvalue weighted by molar-refractivity contribution is -0.160. The van der Waals surface area contributed by atoms with Gasteiger partial charge in [0, 0.05) is 0 Å². The number of carbonyl (C=O) groups is 4. The van der Waals surface area contributed by atoms with Crippen molar-refractivity contribution >= 4 is 29.5 Å². The average Bonchev–Trinajstić information content (AvgIpc) is 2.72. The predicted octanol–water partition coefficient (Wildman–Crippen LogP) is 3.01. The van der Waals surface area contributed by atoms with Crippen molar-refractivity contribution in [2.24, 2.45) is 5.41 Å². The molecule has 152 valence electrons. The van der Waals surface area contributed by atoms with Crippen LogP contribution >= 0.6 is 0 Å². The third-order valence-electron chi connectivity index (χ3n) is 4.97. The van der Waals surface area contributed by atoms with E-state index in [-0.39, 0.29) is 27.8 Å². The first-order valence-corrected chi connectivity index (χ1v) is 8.74. The Morgan fingerprint density at radius 2 is 1.23 bits per heavy atom. The number of hydrogen-bond acceptors (Lipinski definition) is 4. The number of hydrogen-bond donors (Lipinski definition) is 4. The molecule has 1 aliphatic carbocycles. The van der Waals surface area contributed by atoms with Crippen LogP contribution < -0.4 is 0 Å². The molecule has 0 fully saturated rings. The zero-order valence-electron chi connectivity index (χ0n) is 15.4. The summed E-state index contributed by atoms with van der Waals surface area (Å²) in [6, 6.07) is 12.3. The largest absolute Gasteiger partial charge is 0.480 e. The first-order chi connectivity index (χ1) is 14.2.